The number of nitrogens with zero attached hydrogens (tertiary/aromatic N) is 3. The van der Waals surface area contributed by atoms with Gasteiger partial charge in [0.1, 0.15) is 0 Å². The maximum atomic E-state index is 8.63. The van der Waals surface area contributed by atoms with Crippen molar-refractivity contribution in [3.63, 3.8) is 0 Å². The molecule has 0 bridgehead atoms. The third-order valence-electron chi connectivity index (χ3n) is 2.38. The molecule has 0 unspecified atom stereocenters. The average molecular weight is 230 g/mol. The third-order valence-corrected chi connectivity index (χ3v) is 2.38. The number of anilines is 1. The van der Waals surface area contributed by atoms with Gasteiger partial charge >= 0.3 is 0 Å². The third kappa shape index (κ3) is 5.67. The van der Waals surface area contributed by atoms with Crippen molar-refractivity contribution >= 4 is 5.69 Å². The number of benzene rings is 1. The second-order valence-electron chi connectivity index (χ2n) is 3.83. The van der Waals surface area contributed by atoms with Crippen LogP contribution in [0.4, 0.5) is 5.69 Å². The van der Waals surface area contributed by atoms with E-state index < -0.39 is 0 Å². The Balaban J connectivity index is 2.21. The lowest BCUT2D eigenvalue weighted by atomic mass is 10.2. The number of nitrogens with one attached hydrogen (secondary N) is 1. The molecule has 0 aliphatic rings. The quantitative estimate of drug-likeness (QED) is 0.438. The zero-order valence-electron chi connectivity index (χ0n) is 10.2. The van der Waals surface area contributed by atoms with Crippen molar-refractivity contribution in [3.8, 4) is 6.07 Å². The molecule has 1 aromatic carbocycles. The molecule has 0 spiro atoms. The molecule has 0 fully saturated rings. The van der Waals surface area contributed by atoms with Crippen molar-refractivity contribution in [1.29, 1.82) is 5.26 Å². The Morgan fingerprint density at radius 1 is 1.18 bits per heavy atom. The van der Waals surface area contributed by atoms with Gasteiger partial charge < -0.3 is 0 Å². The second-order valence-corrected chi connectivity index (χ2v) is 3.83. The smallest absolute Gasteiger partial charge is 0.0991 e. The predicted molar refractivity (Wildman–Crippen MR) is 68.6 cm³/mol. The lowest BCUT2D eigenvalue weighted by Crippen LogP contribution is -1.88. The summed E-state index contributed by atoms with van der Waals surface area (Å²) in [6.45, 7) is 2.96. The van der Waals surface area contributed by atoms with E-state index in [0.717, 1.165) is 18.7 Å². The van der Waals surface area contributed by atoms with Crippen LogP contribution in [0, 0.1) is 11.3 Å². The number of hydrogen-bond donors (Lipinski definition) is 1. The van der Waals surface area contributed by atoms with E-state index in [1.807, 2.05) is 12.1 Å². The molecule has 17 heavy (non-hydrogen) atoms. The summed E-state index contributed by atoms with van der Waals surface area (Å²) in [6.07, 6.45) is 4.80. The van der Waals surface area contributed by atoms with Crippen molar-refractivity contribution in [3.05, 3.63) is 29.8 Å². The van der Waals surface area contributed by atoms with E-state index in [-0.39, 0.29) is 0 Å². The number of hydrogen-bond acceptors (Lipinski definition) is 3. The van der Waals surface area contributed by atoms with Crippen LogP contribution < -0.4 is 5.43 Å². The molecule has 90 valence electrons. The van der Waals surface area contributed by atoms with Crippen molar-refractivity contribution < 1.29 is 0 Å². The minimum Gasteiger partial charge on any atom is -0.260 e. The highest BCUT2D eigenvalue weighted by atomic mass is 15.4. The zero-order chi connectivity index (χ0) is 12.3. The Morgan fingerprint density at radius 3 is 2.59 bits per heavy atom. The summed E-state index contributed by atoms with van der Waals surface area (Å²) >= 11 is 0. The normalized spacial score (nSPS) is 10.4. The Morgan fingerprint density at radius 2 is 1.94 bits per heavy atom. The molecule has 0 aliphatic heterocycles. The Hall–Kier alpha value is -1.89. The molecule has 4 nitrogen and oxygen atoms in total. The van der Waals surface area contributed by atoms with Gasteiger partial charge in [-0.2, -0.15) is 10.4 Å². The first kappa shape index (κ1) is 13.2. The molecule has 1 N–H and O–H groups in total. The van der Waals surface area contributed by atoms with E-state index in [9.17, 15) is 0 Å². The largest absolute Gasteiger partial charge is 0.260 e. The van der Waals surface area contributed by atoms with E-state index in [4.69, 9.17) is 5.26 Å². The molecule has 0 aromatic heterocycles. The number of unbranched alkanes of at least 4 members (excludes halogenated alkanes) is 3. The fraction of sp³-hybridized carbons (Fsp3) is 0.462. The molecule has 0 heterocycles. The summed E-state index contributed by atoms with van der Waals surface area (Å²) in [7, 11) is 0. The molecule has 1 rings (SSSR count). The fourth-order valence-corrected chi connectivity index (χ4v) is 1.37. The SMILES string of the molecule is CCCCCCN=NNc1ccc(C#N)cc1. The number of rotatable bonds is 7. The molecule has 0 radical (unpaired) electrons. The van der Waals surface area contributed by atoms with Gasteiger partial charge in [0.2, 0.25) is 0 Å². The Kier molecular flexibility index (Phi) is 6.42. The molecular formula is C13H18N4. The van der Waals surface area contributed by atoms with Crippen LogP contribution in [0.3, 0.4) is 0 Å². The van der Waals surface area contributed by atoms with Gasteiger partial charge in [-0.3, -0.25) is 5.43 Å². The van der Waals surface area contributed by atoms with Crippen molar-refractivity contribution in [1.82, 2.24) is 0 Å². The topological polar surface area (TPSA) is 60.5 Å². The van der Waals surface area contributed by atoms with Crippen LogP contribution >= 0.6 is 0 Å². The molecular weight excluding hydrogens is 212 g/mol. The summed E-state index contributed by atoms with van der Waals surface area (Å²) < 4.78 is 0. The molecule has 0 saturated carbocycles. The first-order valence-electron chi connectivity index (χ1n) is 5.99. The molecule has 0 atom stereocenters. The monoisotopic (exact) mass is 230 g/mol. The summed E-state index contributed by atoms with van der Waals surface area (Å²) in [5, 5.41) is 16.5. The van der Waals surface area contributed by atoms with E-state index in [1.54, 1.807) is 12.1 Å². The lowest BCUT2D eigenvalue weighted by molar-refractivity contribution is 0.664. The standard InChI is InChI=1S/C13H18N4/c1-2-3-4-5-10-15-17-16-13-8-6-12(11-14)7-9-13/h6-9H,2-5,10H2,1H3,(H,15,16). The fourth-order valence-electron chi connectivity index (χ4n) is 1.37. The first-order chi connectivity index (χ1) is 8.36. The van der Waals surface area contributed by atoms with Gasteiger partial charge in [0, 0.05) is 0 Å². The van der Waals surface area contributed by atoms with E-state index in [2.05, 4.69) is 28.8 Å². The predicted octanol–water partition coefficient (Wildman–Crippen LogP) is 3.92. The minimum atomic E-state index is 0.645. The first-order valence-corrected chi connectivity index (χ1v) is 5.99. The lowest BCUT2D eigenvalue weighted by Gasteiger charge is -1.98. The van der Waals surface area contributed by atoms with Gasteiger partial charge in [0.05, 0.1) is 23.9 Å². The molecule has 0 aliphatic carbocycles. The van der Waals surface area contributed by atoms with Crippen LogP contribution in [-0.4, -0.2) is 6.54 Å². The maximum Gasteiger partial charge on any atom is 0.0991 e. The van der Waals surface area contributed by atoms with Crippen LogP contribution in [0.1, 0.15) is 38.2 Å². The summed E-state index contributed by atoms with van der Waals surface area (Å²) in [6, 6.07) is 9.19. The van der Waals surface area contributed by atoms with Crippen LogP contribution in [0.15, 0.2) is 34.6 Å². The van der Waals surface area contributed by atoms with Crippen LogP contribution in [0.25, 0.3) is 0 Å². The maximum absolute atomic E-state index is 8.63. The Bertz CT molecular complexity index is 375. The van der Waals surface area contributed by atoms with Crippen LogP contribution in [-0.2, 0) is 0 Å². The van der Waals surface area contributed by atoms with E-state index in [1.165, 1.54) is 19.3 Å². The average Bonchev–Trinajstić information content (AvgIpc) is 2.38. The van der Waals surface area contributed by atoms with Gasteiger partial charge in [-0.15, -0.1) is 0 Å². The Labute approximate surface area is 102 Å². The van der Waals surface area contributed by atoms with E-state index >= 15 is 0 Å². The summed E-state index contributed by atoms with van der Waals surface area (Å²) in [5.74, 6) is 0. The molecule has 4 heteroatoms. The van der Waals surface area contributed by atoms with Gasteiger partial charge in [-0.1, -0.05) is 31.4 Å². The highest BCUT2D eigenvalue weighted by Crippen LogP contribution is 2.08. The molecule has 1 aromatic rings. The second kappa shape index (κ2) is 8.28. The van der Waals surface area contributed by atoms with Crippen molar-refractivity contribution in [2.75, 3.05) is 12.0 Å². The summed E-state index contributed by atoms with van der Waals surface area (Å²) in [4.78, 5) is 0. The number of nitriles is 1. The van der Waals surface area contributed by atoms with Gasteiger partial charge in [0.25, 0.3) is 0 Å². The highest BCUT2D eigenvalue weighted by Gasteiger charge is 1.91. The van der Waals surface area contributed by atoms with Crippen molar-refractivity contribution in [2.24, 2.45) is 10.3 Å². The molecule has 0 saturated heterocycles. The van der Waals surface area contributed by atoms with Crippen LogP contribution in [0.2, 0.25) is 0 Å². The van der Waals surface area contributed by atoms with Gasteiger partial charge in [-0.05, 0) is 30.7 Å². The van der Waals surface area contributed by atoms with Crippen molar-refractivity contribution in [2.45, 2.75) is 32.6 Å². The highest BCUT2D eigenvalue weighted by molar-refractivity contribution is 5.46. The molecule has 0 amide bonds. The minimum absolute atomic E-state index is 0.645. The van der Waals surface area contributed by atoms with Crippen LogP contribution in [0.5, 0.6) is 0 Å². The van der Waals surface area contributed by atoms with Gasteiger partial charge in [-0.25, -0.2) is 0 Å². The zero-order valence-corrected chi connectivity index (χ0v) is 10.2. The van der Waals surface area contributed by atoms with Gasteiger partial charge in [0.15, 0.2) is 0 Å². The summed E-state index contributed by atoms with van der Waals surface area (Å²) in [5.41, 5.74) is 4.33. The van der Waals surface area contributed by atoms with E-state index in [0.29, 0.717) is 5.56 Å².